The number of nitrogens with one attached hydrogen (secondary N) is 2. The quantitative estimate of drug-likeness (QED) is 0.591. The number of rotatable bonds is 5. The monoisotopic (exact) mass is 224 g/mol. The summed E-state index contributed by atoms with van der Waals surface area (Å²) in [5.41, 5.74) is 1.88. The Morgan fingerprint density at radius 1 is 1.31 bits per heavy atom. The zero-order valence-corrected chi connectivity index (χ0v) is 10.5. The largest absolute Gasteiger partial charge is 0.308 e. The lowest BCUT2D eigenvalue weighted by Gasteiger charge is -2.26. The zero-order valence-electron chi connectivity index (χ0n) is 10.5. The predicted molar refractivity (Wildman–Crippen MR) is 66.1 cm³/mol. The molecule has 1 aromatic rings. The highest BCUT2D eigenvalue weighted by molar-refractivity contribution is 5.29. The van der Waals surface area contributed by atoms with Crippen molar-refractivity contribution in [1.82, 2.24) is 10.6 Å². The first-order chi connectivity index (χ1) is 7.47. The molecule has 2 N–H and O–H groups in total. The highest BCUT2D eigenvalue weighted by atomic mass is 19.1. The molecular formula is C13H21FN2. The van der Waals surface area contributed by atoms with Crippen LogP contribution in [0, 0.1) is 12.7 Å². The third kappa shape index (κ3) is 3.29. The topological polar surface area (TPSA) is 24.1 Å². The SMILES string of the molecule is CNCNCC(C)(C)c1ccc(F)c(C)c1. The van der Waals surface area contributed by atoms with Crippen LogP contribution in [0.1, 0.15) is 25.0 Å². The molecule has 0 radical (unpaired) electrons. The van der Waals surface area contributed by atoms with Crippen LogP contribution in [0.15, 0.2) is 18.2 Å². The van der Waals surface area contributed by atoms with E-state index in [1.807, 2.05) is 19.2 Å². The average Bonchev–Trinajstić information content (AvgIpc) is 2.22. The third-order valence-electron chi connectivity index (χ3n) is 2.81. The second-order valence-electron chi connectivity index (χ2n) is 4.80. The van der Waals surface area contributed by atoms with E-state index in [1.165, 1.54) is 0 Å². The molecule has 0 heterocycles. The van der Waals surface area contributed by atoms with Gasteiger partial charge < -0.3 is 10.6 Å². The molecule has 0 spiro atoms. The maximum absolute atomic E-state index is 13.2. The number of halogens is 1. The Balaban J connectivity index is 2.76. The maximum atomic E-state index is 13.2. The number of hydrogen-bond donors (Lipinski definition) is 2. The molecule has 0 saturated carbocycles. The summed E-state index contributed by atoms with van der Waals surface area (Å²) in [7, 11) is 1.90. The van der Waals surface area contributed by atoms with Crippen LogP contribution in [0.25, 0.3) is 0 Å². The Morgan fingerprint density at radius 3 is 2.56 bits per heavy atom. The number of aryl methyl sites for hydroxylation is 1. The predicted octanol–water partition coefficient (Wildman–Crippen LogP) is 2.18. The molecule has 90 valence electrons. The molecule has 16 heavy (non-hydrogen) atoms. The van der Waals surface area contributed by atoms with Crippen molar-refractivity contribution < 1.29 is 4.39 Å². The van der Waals surface area contributed by atoms with Gasteiger partial charge in [-0.2, -0.15) is 0 Å². The van der Waals surface area contributed by atoms with Gasteiger partial charge in [0.1, 0.15) is 5.82 Å². The lowest BCUT2D eigenvalue weighted by Crippen LogP contribution is -2.37. The van der Waals surface area contributed by atoms with Crippen molar-refractivity contribution >= 4 is 0 Å². The van der Waals surface area contributed by atoms with Crippen LogP contribution in [0.4, 0.5) is 4.39 Å². The Morgan fingerprint density at radius 2 is 2.00 bits per heavy atom. The van der Waals surface area contributed by atoms with Gasteiger partial charge in [-0.25, -0.2) is 4.39 Å². The number of hydrogen-bond acceptors (Lipinski definition) is 2. The molecular weight excluding hydrogens is 203 g/mol. The van der Waals surface area contributed by atoms with Crippen LogP contribution in [0.3, 0.4) is 0 Å². The minimum absolute atomic E-state index is 0.00924. The second kappa shape index (κ2) is 5.41. The van der Waals surface area contributed by atoms with E-state index in [9.17, 15) is 4.39 Å². The average molecular weight is 224 g/mol. The van der Waals surface area contributed by atoms with Gasteiger partial charge in [-0.15, -0.1) is 0 Å². The summed E-state index contributed by atoms with van der Waals surface area (Å²) in [5, 5.41) is 6.34. The lowest BCUT2D eigenvalue weighted by atomic mass is 9.84. The van der Waals surface area contributed by atoms with Gasteiger partial charge in [0.05, 0.1) is 0 Å². The van der Waals surface area contributed by atoms with E-state index in [1.54, 1.807) is 13.0 Å². The van der Waals surface area contributed by atoms with E-state index in [4.69, 9.17) is 0 Å². The first kappa shape index (κ1) is 13.1. The zero-order chi connectivity index (χ0) is 12.2. The lowest BCUT2D eigenvalue weighted by molar-refractivity contribution is 0.459. The molecule has 2 nitrogen and oxygen atoms in total. The van der Waals surface area contributed by atoms with Crippen molar-refractivity contribution in [2.24, 2.45) is 0 Å². The molecule has 0 aliphatic carbocycles. The van der Waals surface area contributed by atoms with Crippen molar-refractivity contribution in [3.05, 3.63) is 35.1 Å². The summed E-state index contributed by atoms with van der Waals surface area (Å²) < 4.78 is 13.2. The van der Waals surface area contributed by atoms with Gasteiger partial charge in [-0.3, -0.25) is 0 Å². The van der Waals surface area contributed by atoms with Gasteiger partial charge in [0.15, 0.2) is 0 Å². The van der Waals surface area contributed by atoms with E-state index in [0.717, 1.165) is 18.8 Å². The molecule has 0 bridgehead atoms. The standard InChI is InChI=1S/C13H21FN2/c1-10-7-11(5-6-12(10)14)13(2,3)8-16-9-15-4/h5-7,15-16H,8-9H2,1-4H3. The highest BCUT2D eigenvalue weighted by Gasteiger charge is 2.20. The van der Waals surface area contributed by atoms with E-state index >= 15 is 0 Å². The number of benzene rings is 1. The van der Waals surface area contributed by atoms with Crippen molar-refractivity contribution in [3.8, 4) is 0 Å². The van der Waals surface area contributed by atoms with Gasteiger partial charge in [0.25, 0.3) is 0 Å². The van der Waals surface area contributed by atoms with Gasteiger partial charge in [-0.1, -0.05) is 26.0 Å². The first-order valence-electron chi connectivity index (χ1n) is 5.59. The van der Waals surface area contributed by atoms with E-state index in [-0.39, 0.29) is 11.2 Å². The molecule has 0 saturated heterocycles. The summed E-state index contributed by atoms with van der Waals surface area (Å²) in [4.78, 5) is 0. The Kier molecular flexibility index (Phi) is 4.44. The molecule has 0 amide bonds. The molecule has 0 fully saturated rings. The highest BCUT2D eigenvalue weighted by Crippen LogP contribution is 2.24. The van der Waals surface area contributed by atoms with Crippen LogP contribution >= 0.6 is 0 Å². The maximum Gasteiger partial charge on any atom is 0.126 e. The smallest absolute Gasteiger partial charge is 0.126 e. The fraction of sp³-hybridized carbons (Fsp3) is 0.538. The molecule has 0 aromatic heterocycles. The Labute approximate surface area is 97.3 Å². The van der Waals surface area contributed by atoms with Crippen LogP contribution in [-0.4, -0.2) is 20.3 Å². The van der Waals surface area contributed by atoms with Crippen molar-refractivity contribution in [2.75, 3.05) is 20.3 Å². The molecule has 1 rings (SSSR count). The molecule has 3 heteroatoms. The Hall–Kier alpha value is -0.930. The van der Waals surface area contributed by atoms with Gasteiger partial charge in [0, 0.05) is 18.6 Å². The van der Waals surface area contributed by atoms with E-state index in [0.29, 0.717) is 5.56 Å². The second-order valence-corrected chi connectivity index (χ2v) is 4.80. The molecule has 0 atom stereocenters. The van der Waals surface area contributed by atoms with Gasteiger partial charge >= 0.3 is 0 Å². The molecule has 1 aromatic carbocycles. The van der Waals surface area contributed by atoms with Crippen LogP contribution in [0.5, 0.6) is 0 Å². The summed E-state index contributed by atoms with van der Waals surface area (Å²) >= 11 is 0. The van der Waals surface area contributed by atoms with Gasteiger partial charge in [-0.05, 0) is 31.2 Å². The first-order valence-corrected chi connectivity index (χ1v) is 5.59. The van der Waals surface area contributed by atoms with Crippen LogP contribution < -0.4 is 10.6 Å². The van der Waals surface area contributed by atoms with E-state index < -0.39 is 0 Å². The minimum Gasteiger partial charge on any atom is -0.308 e. The van der Waals surface area contributed by atoms with Crippen molar-refractivity contribution in [3.63, 3.8) is 0 Å². The fourth-order valence-electron chi connectivity index (χ4n) is 1.67. The summed E-state index contributed by atoms with van der Waals surface area (Å²) in [6.07, 6.45) is 0. The summed E-state index contributed by atoms with van der Waals surface area (Å²) in [6, 6.07) is 5.34. The molecule has 0 unspecified atom stereocenters. The molecule has 0 aliphatic rings. The fourth-order valence-corrected chi connectivity index (χ4v) is 1.67. The van der Waals surface area contributed by atoms with Crippen LogP contribution in [-0.2, 0) is 5.41 Å². The molecule has 0 aliphatic heterocycles. The van der Waals surface area contributed by atoms with Gasteiger partial charge in [0.2, 0.25) is 0 Å². The van der Waals surface area contributed by atoms with Crippen LogP contribution in [0.2, 0.25) is 0 Å². The van der Waals surface area contributed by atoms with Crippen molar-refractivity contribution in [2.45, 2.75) is 26.2 Å². The third-order valence-corrected chi connectivity index (χ3v) is 2.81. The Bertz CT molecular complexity index is 348. The summed E-state index contributed by atoms with van der Waals surface area (Å²) in [5.74, 6) is -0.136. The summed E-state index contributed by atoms with van der Waals surface area (Å²) in [6.45, 7) is 7.75. The normalized spacial score (nSPS) is 11.8. The van der Waals surface area contributed by atoms with E-state index in [2.05, 4.69) is 24.5 Å². The van der Waals surface area contributed by atoms with Crippen molar-refractivity contribution in [1.29, 1.82) is 0 Å². The minimum atomic E-state index is -0.136.